The summed E-state index contributed by atoms with van der Waals surface area (Å²) in [6, 6.07) is 9.38. The first kappa shape index (κ1) is 9.95. The molecule has 0 fully saturated rings. The first-order valence-electron chi connectivity index (χ1n) is 4.71. The number of nitrogens with zero attached hydrogens (tertiary/aromatic N) is 4. The Bertz CT molecular complexity index is 611. The zero-order chi connectivity index (χ0) is 11.5. The van der Waals surface area contributed by atoms with Crippen LogP contribution in [0.5, 0.6) is 0 Å². The average Bonchev–Trinajstić information content (AvgIpc) is 2.76. The number of aromatic nitrogens is 2. The van der Waals surface area contributed by atoms with Gasteiger partial charge < -0.3 is 0 Å². The highest BCUT2D eigenvalue weighted by Gasteiger charge is 2.10. The van der Waals surface area contributed by atoms with Crippen molar-refractivity contribution in [2.45, 2.75) is 6.92 Å². The van der Waals surface area contributed by atoms with Crippen LogP contribution in [0.2, 0.25) is 0 Å². The molecule has 2 rings (SSSR count). The van der Waals surface area contributed by atoms with Gasteiger partial charge in [-0.1, -0.05) is 0 Å². The summed E-state index contributed by atoms with van der Waals surface area (Å²) in [5.74, 6) is 0.504. The third-order valence-corrected chi connectivity index (χ3v) is 2.34. The lowest BCUT2D eigenvalue weighted by Crippen LogP contribution is -2.03. The van der Waals surface area contributed by atoms with Crippen LogP contribution in [0.1, 0.15) is 16.8 Å². The molecular weight excluding hydrogens is 200 g/mol. The molecule has 4 heteroatoms. The molecular formula is C12H8N4. The van der Waals surface area contributed by atoms with Crippen molar-refractivity contribution < 1.29 is 0 Å². The van der Waals surface area contributed by atoms with Crippen LogP contribution in [0.15, 0.2) is 30.6 Å². The van der Waals surface area contributed by atoms with Gasteiger partial charge in [0, 0.05) is 12.4 Å². The van der Waals surface area contributed by atoms with Gasteiger partial charge in [-0.15, -0.1) is 0 Å². The van der Waals surface area contributed by atoms with E-state index >= 15 is 0 Å². The van der Waals surface area contributed by atoms with Crippen molar-refractivity contribution in [1.29, 1.82) is 10.5 Å². The fourth-order valence-corrected chi connectivity index (χ4v) is 1.52. The van der Waals surface area contributed by atoms with Crippen molar-refractivity contribution in [2.24, 2.45) is 0 Å². The summed E-state index contributed by atoms with van der Waals surface area (Å²) in [6.07, 6.45) is 3.35. The predicted octanol–water partition coefficient (Wildman–Crippen LogP) is 1.92. The standard InChI is InChI=1S/C12H8N4/c1-9-4-5-15-12(11(9)8-14)16-6-2-3-10(16)7-13/h2-6H,1H3. The quantitative estimate of drug-likeness (QED) is 0.719. The summed E-state index contributed by atoms with van der Waals surface area (Å²) in [4.78, 5) is 4.15. The van der Waals surface area contributed by atoms with Crippen molar-refractivity contribution in [3.63, 3.8) is 0 Å². The molecule has 0 bridgehead atoms. The van der Waals surface area contributed by atoms with E-state index in [1.54, 1.807) is 35.2 Å². The van der Waals surface area contributed by atoms with E-state index in [4.69, 9.17) is 10.5 Å². The van der Waals surface area contributed by atoms with Crippen molar-refractivity contribution in [2.75, 3.05) is 0 Å². The number of aryl methyl sites for hydroxylation is 1. The Hall–Kier alpha value is -2.59. The summed E-state index contributed by atoms with van der Waals surface area (Å²) in [7, 11) is 0. The third kappa shape index (κ3) is 1.43. The molecule has 0 spiro atoms. The van der Waals surface area contributed by atoms with Crippen LogP contribution in [0.3, 0.4) is 0 Å². The maximum Gasteiger partial charge on any atom is 0.155 e. The lowest BCUT2D eigenvalue weighted by Gasteiger charge is -2.07. The second-order valence-corrected chi connectivity index (χ2v) is 3.31. The van der Waals surface area contributed by atoms with Gasteiger partial charge in [0.1, 0.15) is 17.8 Å². The Morgan fingerprint density at radius 1 is 1.25 bits per heavy atom. The fourth-order valence-electron chi connectivity index (χ4n) is 1.52. The maximum atomic E-state index is 9.08. The highest BCUT2D eigenvalue weighted by atomic mass is 15.1. The van der Waals surface area contributed by atoms with E-state index in [0.29, 0.717) is 17.1 Å². The lowest BCUT2D eigenvalue weighted by molar-refractivity contribution is 0.975. The molecule has 4 nitrogen and oxygen atoms in total. The molecule has 0 radical (unpaired) electrons. The van der Waals surface area contributed by atoms with Crippen LogP contribution in [0.4, 0.5) is 0 Å². The van der Waals surface area contributed by atoms with E-state index in [0.717, 1.165) is 5.56 Å². The summed E-state index contributed by atoms with van der Waals surface area (Å²) >= 11 is 0. The smallest absolute Gasteiger partial charge is 0.155 e. The molecule has 76 valence electrons. The molecule has 0 aromatic carbocycles. The van der Waals surface area contributed by atoms with E-state index in [1.807, 2.05) is 6.92 Å². The minimum Gasteiger partial charge on any atom is -0.291 e. The second-order valence-electron chi connectivity index (χ2n) is 3.31. The Labute approximate surface area is 93.0 Å². The molecule has 0 atom stereocenters. The molecule has 0 unspecified atom stereocenters. The Morgan fingerprint density at radius 2 is 2.06 bits per heavy atom. The largest absolute Gasteiger partial charge is 0.291 e. The first-order chi connectivity index (χ1) is 7.77. The van der Waals surface area contributed by atoms with Crippen LogP contribution in [0, 0.1) is 29.6 Å². The van der Waals surface area contributed by atoms with Crippen LogP contribution in [-0.2, 0) is 0 Å². The number of hydrogen-bond acceptors (Lipinski definition) is 3. The summed E-state index contributed by atoms with van der Waals surface area (Å²) in [5.41, 5.74) is 1.81. The van der Waals surface area contributed by atoms with Crippen LogP contribution in [-0.4, -0.2) is 9.55 Å². The normalized spacial score (nSPS) is 9.44. The van der Waals surface area contributed by atoms with Gasteiger partial charge in [0.25, 0.3) is 0 Å². The van der Waals surface area contributed by atoms with Crippen molar-refractivity contribution >= 4 is 0 Å². The van der Waals surface area contributed by atoms with E-state index < -0.39 is 0 Å². The lowest BCUT2D eigenvalue weighted by atomic mass is 10.1. The molecule has 16 heavy (non-hydrogen) atoms. The van der Waals surface area contributed by atoms with Gasteiger partial charge in [0.05, 0.1) is 5.56 Å². The third-order valence-electron chi connectivity index (χ3n) is 2.34. The topological polar surface area (TPSA) is 65.4 Å². The SMILES string of the molecule is Cc1ccnc(-n2cccc2C#N)c1C#N. The van der Waals surface area contributed by atoms with Gasteiger partial charge in [0.2, 0.25) is 0 Å². The van der Waals surface area contributed by atoms with Gasteiger partial charge >= 0.3 is 0 Å². The Balaban J connectivity index is 2.72. The molecule has 0 amide bonds. The van der Waals surface area contributed by atoms with Crippen LogP contribution in [0.25, 0.3) is 5.82 Å². The molecule has 0 aliphatic heterocycles. The first-order valence-corrected chi connectivity index (χ1v) is 4.71. The van der Waals surface area contributed by atoms with E-state index in [1.165, 1.54) is 0 Å². The van der Waals surface area contributed by atoms with E-state index in [2.05, 4.69) is 17.1 Å². The predicted molar refractivity (Wildman–Crippen MR) is 57.7 cm³/mol. The Morgan fingerprint density at radius 3 is 2.75 bits per heavy atom. The summed E-state index contributed by atoms with van der Waals surface area (Å²) < 4.78 is 1.62. The van der Waals surface area contributed by atoms with Gasteiger partial charge in [-0.3, -0.25) is 4.57 Å². The second kappa shape index (κ2) is 3.88. The molecule has 0 saturated heterocycles. The molecule has 2 aromatic rings. The van der Waals surface area contributed by atoms with Gasteiger partial charge in [-0.05, 0) is 30.7 Å². The zero-order valence-corrected chi connectivity index (χ0v) is 8.68. The van der Waals surface area contributed by atoms with Crippen molar-refractivity contribution in [3.05, 3.63) is 47.4 Å². The number of nitriles is 2. The zero-order valence-electron chi connectivity index (χ0n) is 8.68. The van der Waals surface area contributed by atoms with Crippen molar-refractivity contribution in [3.8, 4) is 18.0 Å². The van der Waals surface area contributed by atoms with Crippen LogP contribution < -0.4 is 0 Å². The minimum atomic E-state index is 0.467. The van der Waals surface area contributed by atoms with Crippen LogP contribution >= 0.6 is 0 Å². The fraction of sp³-hybridized carbons (Fsp3) is 0.0833. The Kier molecular flexibility index (Phi) is 2.41. The van der Waals surface area contributed by atoms with Gasteiger partial charge in [0.15, 0.2) is 5.82 Å². The van der Waals surface area contributed by atoms with E-state index in [-0.39, 0.29) is 0 Å². The monoisotopic (exact) mass is 208 g/mol. The molecule has 0 aliphatic rings. The molecule has 0 saturated carbocycles. The summed E-state index contributed by atoms with van der Waals surface area (Å²) in [5, 5.41) is 18.0. The molecule has 2 aromatic heterocycles. The highest BCUT2D eigenvalue weighted by molar-refractivity contribution is 5.50. The molecule has 2 heterocycles. The molecule has 0 aliphatic carbocycles. The highest BCUT2D eigenvalue weighted by Crippen LogP contribution is 2.16. The maximum absolute atomic E-state index is 9.08. The average molecular weight is 208 g/mol. The number of pyridine rings is 1. The van der Waals surface area contributed by atoms with Gasteiger partial charge in [-0.2, -0.15) is 10.5 Å². The van der Waals surface area contributed by atoms with E-state index in [9.17, 15) is 0 Å². The number of hydrogen-bond donors (Lipinski definition) is 0. The summed E-state index contributed by atoms with van der Waals surface area (Å²) in [6.45, 7) is 1.85. The van der Waals surface area contributed by atoms with Crippen molar-refractivity contribution in [1.82, 2.24) is 9.55 Å². The van der Waals surface area contributed by atoms with Gasteiger partial charge in [-0.25, -0.2) is 4.98 Å². The minimum absolute atomic E-state index is 0.467. The molecule has 0 N–H and O–H groups in total. The number of rotatable bonds is 1.